The quantitative estimate of drug-likeness (QED) is 0.543. The SMILES string of the molecule is COc1nc(NC2CCC(C)(OC)CC2)nn2ccc(-c3cnc4nccn4c3)c12. The lowest BCUT2D eigenvalue weighted by Gasteiger charge is -2.36. The zero-order chi connectivity index (χ0) is 20.7. The van der Waals surface area contributed by atoms with E-state index in [4.69, 9.17) is 9.47 Å². The number of nitrogens with zero attached hydrogens (tertiary/aromatic N) is 6. The minimum absolute atomic E-state index is 0.0274. The number of anilines is 1. The lowest BCUT2D eigenvalue weighted by atomic mass is 9.83. The van der Waals surface area contributed by atoms with E-state index < -0.39 is 0 Å². The summed E-state index contributed by atoms with van der Waals surface area (Å²) in [6, 6.07) is 2.32. The topological polar surface area (TPSA) is 90.9 Å². The highest BCUT2D eigenvalue weighted by atomic mass is 16.5. The van der Waals surface area contributed by atoms with E-state index in [2.05, 4.69) is 32.3 Å². The summed E-state index contributed by atoms with van der Waals surface area (Å²) in [7, 11) is 3.42. The summed E-state index contributed by atoms with van der Waals surface area (Å²) < 4.78 is 15.0. The van der Waals surface area contributed by atoms with Gasteiger partial charge in [0.25, 0.3) is 0 Å². The third-order valence-electron chi connectivity index (χ3n) is 6.10. The molecule has 1 fully saturated rings. The van der Waals surface area contributed by atoms with Crippen molar-refractivity contribution in [1.29, 1.82) is 0 Å². The second kappa shape index (κ2) is 7.24. The molecule has 30 heavy (non-hydrogen) atoms. The van der Waals surface area contributed by atoms with Gasteiger partial charge in [-0.05, 0) is 38.7 Å². The summed E-state index contributed by atoms with van der Waals surface area (Å²) in [5.74, 6) is 1.75. The predicted molar refractivity (Wildman–Crippen MR) is 113 cm³/mol. The molecule has 0 amide bonds. The third-order valence-corrected chi connectivity index (χ3v) is 6.10. The van der Waals surface area contributed by atoms with Gasteiger partial charge in [0.05, 0.1) is 12.7 Å². The van der Waals surface area contributed by atoms with E-state index in [1.54, 1.807) is 26.6 Å². The molecule has 1 aliphatic rings. The van der Waals surface area contributed by atoms with Crippen molar-refractivity contribution in [2.45, 2.75) is 44.2 Å². The summed E-state index contributed by atoms with van der Waals surface area (Å²) in [5.41, 5.74) is 2.67. The minimum Gasteiger partial charge on any atom is -0.479 e. The molecular formula is C21H25N7O2. The fraction of sp³-hybridized carbons (Fsp3) is 0.429. The molecule has 4 aromatic rings. The second-order valence-corrected chi connectivity index (χ2v) is 8.02. The average molecular weight is 407 g/mol. The maximum Gasteiger partial charge on any atom is 0.244 e. The first-order valence-corrected chi connectivity index (χ1v) is 10.1. The van der Waals surface area contributed by atoms with Gasteiger partial charge in [0.1, 0.15) is 5.52 Å². The lowest BCUT2D eigenvalue weighted by Crippen LogP contribution is -2.37. The summed E-state index contributed by atoms with van der Waals surface area (Å²) >= 11 is 0. The third kappa shape index (κ3) is 3.24. The summed E-state index contributed by atoms with van der Waals surface area (Å²) in [6.45, 7) is 2.17. The second-order valence-electron chi connectivity index (χ2n) is 8.02. The predicted octanol–water partition coefficient (Wildman–Crippen LogP) is 3.21. The Labute approximate surface area is 174 Å². The fourth-order valence-electron chi connectivity index (χ4n) is 4.14. The van der Waals surface area contributed by atoms with E-state index in [-0.39, 0.29) is 5.60 Å². The van der Waals surface area contributed by atoms with Crippen LogP contribution in [0.25, 0.3) is 22.4 Å². The van der Waals surface area contributed by atoms with Crippen molar-refractivity contribution >= 4 is 17.2 Å². The molecule has 4 heterocycles. The van der Waals surface area contributed by atoms with Crippen molar-refractivity contribution in [3.05, 3.63) is 37.1 Å². The molecule has 1 aliphatic carbocycles. The van der Waals surface area contributed by atoms with Crippen LogP contribution in [0.3, 0.4) is 0 Å². The maximum absolute atomic E-state index is 5.64. The number of nitrogens with one attached hydrogen (secondary N) is 1. The Kier molecular flexibility index (Phi) is 4.54. The number of ether oxygens (including phenoxy) is 2. The zero-order valence-electron chi connectivity index (χ0n) is 17.4. The monoisotopic (exact) mass is 407 g/mol. The molecular weight excluding hydrogens is 382 g/mol. The van der Waals surface area contributed by atoms with E-state index in [9.17, 15) is 0 Å². The Morgan fingerprint density at radius 1 is 1.17 bits per heavy atom. The summed E-state index contributed by atoms with van der Waals surface area (Å²) in [5, 5.41) is 8.15. The van der Waals surface area contributed by atoms with E-state index >= 15 is 0 Å². The number of methoxy groups -OCH3 is 2. The van der Waals surface area contributed by atoms with Gasteiger partial charge in [-0.2, -0.15) is 4.98 Å². The molecule has 0 bridgehead atoms. The van der Waals surface area contributed by atoms with Crippen LogP contribution in [0, 0.1) is 0 Å². The Hall–Kier alpha value is -3.20. The van der Waals surface area contributed by atoms with Crippen LogP contribution in [0.1, 0.15) is 32.6 Å². The molecule has 0 saturated heterocycles. The van der Waals surface area contributed by atoms with Crippen molar-refractivity contribution in [2.75, 3.05) is 19.5 Å². The van der Waals surface area contributed by atoms with Crippen LogP contribution in [0.15, 0.2) is 37.1 Å². The normalized spacial score (nSPS) is 21.9. The summed E-state index contributed by atoms with van der Waals surface area (Å²) in [6.07, 6.45) is 13.4. The van der Waals surface area contributed by atoms with Crippen molar-refractivity contribution in [2.24, 2.45) is 0 Å². The molecule has 156 valence electrons. The smallest absolute Gasteiger partial charge is 0.244 e. The van der Waals surface area contributed by atoms with E-state index in [1.165, 1.54) is 0 Å². The molecule has 0 atom stereocenters. The molecule has 4 aromatic heterocycles. The van der Waals surface area contributed by atoms with Gasteiger partial charge in [-0.3, -0.25) is 4.40 Å². The van der Waals surface area contributed by atoms with Crippen molar-refractivity contribution < 1.29 is 9.47 Å². The van der Waals surface area contributed by atoms with E-state index in [0.717, 1.165) is 42.3 Å². The minimum atomic E-state index is -0.0274. The Morgan fingerprint density at radius 3 is 2.77 bits per heavy atom. The van der Waals surface area contributed by atoms with Gasteiger partial charge in [-0.1, -0.05) is 0 Å². The number of aromatic nitrogens is 6. The zero-order valence-corrected chi connectivity index (χ0v) is 17.4. The molecule has 1 saturated carbocycles. The number of hydrogen-bond acceptors (Lipinski definition) is 7. The standard InChI is InChI=1S/C21H25N7O2/c1-21(30-3)7-4-15(5-8-21)24-19-25-18(29-2)17-16(6-10-28(17)26-19)14-12-23-20-22-9-11-27(20)13-14/h6,9-13,15H,4-5,7-8H2,1-3H3,(H,24,26). The van der Waals surface area contributed by atoms with Gasteiger partial charge < -0.3 is 14.8 Å². The molecule has 0 unspecified atom stereocenters. The van der Waals surface area contributed by atoms with Crippen molar-refractivity contribution in [3.63, 3.8) is 0 Å². The van der Waals surface area contributed by atoms with Gasteiger partial charge in [-0.25, -0.2) is 14.5 Å². The largest absolute Gasteiger partial charge is 0.479 e. The Balaban J connectivity index is 1.46. The first-order chi connectivity index (χ1) is 14.6. The molecule has 0 aliphatic heterocycles. The van der Waals surface area contributed by atoms with E-state index in [1.807, 2.05) is 33.6 Å². The van der Waals surface area contributed by atoms with Gasteiger partial charge >= 0.3 is 0 Å². The molecule has 9 nitrogen and oxygen atoms in total. The Morgan fingerprint density at radius 2 is 2.00 bits per heavy atom. The van der Waals surface area contributed by atoms with Crippen molar-refractivity contribution in [1.82, 2.24) is 29.0 Å². The number of hydrogen-bond donors (Lipinski definition) is 1. The van der Waals surface area contributed by atoms with Crippen LogP contribution in [0.4, 0.5) is 5.95 Å². The lowest BCUT2D eigenvalue weighted by molar-refractivity contribution is -0.0253. The van der Waals surface area contributed by atoms with Crippen molar-refractivity contribution in [3.8, 4) is 17.0 Å². The number of imidazole rings is 1. The Bertz CT molecular complexity index is 1190. The molecule has 0 radical (unpaired) electrons. The molecule has 1 N–H and O–H groups in total. The number of fused-ring (bicyclic) bond motifs is 2. The highest BCUT2D eigenvalue weighted by Gasteiger charge is 2.31. The van der Waals surface area contributed by atoms with Crippen LogP contribution in [-0.4, -0.2) is 54.8 Å². The first-order valence-electron chi connectivity index (χ1n) is 10.1. The van der Waals surface area contributed by atoms with Gasteiger partial charge in [0.15, 0.2) is 0 Å². The van der Waals surface area contributed by atoms with E-state index in [0.29, 0.717) is 23.6 Å². The van der Waals surface area contributed by atoms with Crippen LogP contribution < -0.4 is 10.1 Å². The van der Waals surface area contributed by atoms with Gasteiger partial charge in [0, 0.05) is 55.3 Å². The fourth-order valence-corrected chi connectivity index (χ4v) is 4.14. The van der Waals surface area contributed by atoms with Crippen LogP contribution in [0.2, 0.25) is 0 Å². The number of rotatable bonds is 5. The van der Waals surface area contributed by atoms with Crippen LogP contribution >= 0.6 is 0 Å². The molecule has 0 spiro atoms. The van der Waals surface area contributed by atoms with Crippen LogP contribution in [-0.2, 0) is 4.74 Å². The summed E-state index contributed by atoms with van der Waals surface area (Å²) in [4.78, 5) is 13.3. The first kappa shape index (κ1) is 18.8. The van der Waals surface area contributed by atoms with Gasteiger partial charge in [-0.15, -0.1) is 5.10 Å². The van der Waals surface area contributed by atoms with Gasteiger partial charge in [0.2, 0.25) is 17.6 Å². The molecule has 9 heteroatoms. The maximum atomic E-state index is 5.64. The average Bonchev–Trinajstić information content (AvgIpc) is 3.41. The highest BCUT2D eigenvalue weighted by molar-refractivity contribution is 5.84. The highest BCUT2D eigenvalue weighted by Crippen LogP contribution is 2.33. The van der Waals surface area contributed by atoms with Crippen LogP contribution in [0.5, 0.6) is 5.88 Å². The molecule has 0 aromatic carbocycles. The molecule has 5 rings (SSSR count).